The zero-order valence-electron chi connectivity index (χ0n) is 10.5. The lowest BCUT2D eigenvalue weighted by Gasteiger charge is -2.20. The summed E-state index contributed by atoms with van der Waals surface area (Å²) >= 11 is 5.59. The minimum absolute atomic E-state index is 0.0564. The van der Waals surface area contributed by atoms with Gasteiger partial charge in [0.05, 0.1) is 4.92 Å². The first-order valence-corrected chi connectivity index (χ1v) is 6.99. The number of aromatic nitrogens is 1. The van der Waals surface area contributed by atoms with E-state index in [2.05, 4.69) is 9.71 Å². The third-order valence-corrected chi connectivity index (χ3v) is 3.26. The minimum atomic E-state index is -3.99. The van der Waals surface area contributed by atoms with E-state index < -0.39 is 32.2 Å². The van der Waals surface area contributed by atoms with E-state index in [1.807, 2.05) is 4.72 Å². The molecule has 0 bridgehead atoms. The van der Waals surface area contributed by atoms with Gasteiger partial charge < -0.3 is 0 Å². The Morgan fingerprint density at radius 1 is 1.37 bits per heavy atom. The number of nitrogens with one attached hydrogen (secondary N) is 2. The fraction of sp³-hybridized carbons (Fsp3) is 0.444. The van der Waals surface area contributed by atoms with Gasteiger partial charge in [0.2, 0.25) is 5.82 Å². The maximum Gasteiger partial charge on any atom is 0.312 e. The van der Waals surface area contributed by atoms with Crippen molar-refractivity contribution in [3.05, 3.63) is 27.4 Å². The fourth-order valence-corrected chi connectivity index (χ4v) is 2.62. The molecule has 1 aromatic heterocycles. The SMILES string of the molecule is CC(C)(C)NS(=O)(=O)Nc1nc(Cl)ccc1[N+](=O)[O-]. The molecule has 8 nitrogen and oxygen atoms in total. The molecule has 1 rings (SSSR count). The lowest BCUT2D eigenvalue weighted by molar-refractivity contribution is -0.384. The first-order valence-electron chi connectivity index (χ1n) is 5.13. The highest BCUT2D eigenvalue weighted by Crippen LogP contribution is 2.24. The molecule has 0 atom stereocenters. The molecule has 0 saturated carbocycles. The van der Waals surface area contributed by atoms with E-state index in [1.165, 1.54) is 6.07 Å². The molecular weight excluding hydrogens is 296 g/mol. The molecule has 0 unspecified atom stereocenters. The summed E-state index contributed by atoms with van der Waals surface area (Å²) in [6, 6.07) is 2.28. The summed E-state index contributed by atoms with van der Waals surface area (Å²) in [5.41, 5.74) is -1.22. The smallest absolute Gasteiger partial charge is 0.258 e. The van der Waals surface area contributed by atoms with Crippen LogP contribution in [0.5, 0.6) is 0 Å². The van der Waals surface area contributed by atoms with Crippen molar-refractivity contribution in [1.82, 2.24) is 9.71 Å². The van der Waals surface area contributed by atoms with Crippen molar-refractivity contribution in [2.45, 2.75) is 26.3 Å². The number of halogens is 1. The van der Waals surface area contributed by atoms with Gasteiger partial charge in [0.15, 0.2) is 0 Å². The van der Waals surface area contributed by atoms with Gasteiger partial charge in [-0.15, -0.1) is 0 Å². The number of nitro groups is 1. The van der Waals surface area contributed by atoms with Crippen LogP contribution in [0, 0.1) is 10.1 Å². The predicted octanol–water partition coefficient (Wildman–Crippen LogP) is 1.69. The van der Waals surface area contributed by atoms with E-state index in [1.54, 1.807) is 20.8 Å². The van der Waals surface area contributed by atoms with Gasteiger partial charge >= 0.3 is 15.9 Å². The largest absolute Gasteiger partial charge is 0.312 e. The summed E-state index contributed by atoms with van der Waals surface area (Å²) in [7, 11) is -3.99. The normalized spacial score (nSPS) is 12.2. The number of pyridine rings is 1. The summed E-state index contributed by atoms with van der Waals surface area (Å²) in [5.74, 6) is -0.436. The van der Waals surface area contributed by atoms with Crippen molar-refractivity contribution < 1.29 is 13.3 Å². The topological polar surface area (TPSA) is 114 Å². The van der Waals surface area contributed by atoms with Gasteiger partial charge in [-0.3, -0.25) is 10.1 Å². The highest BCUT2D eigenvalue weighted by Gasteiger charge is 2.24. The monoisotopic (exact) mass is 308 g/mol. The molecule has 0 amide bonds. The molecule has 0 aromatic carbocycles. The third kappa shape index (κ3) is 4.97. The van der Waals surface area contributed by atoms with Gasteiger partial charge in [-0.05, 0) is 26.8 Å². The van der Waals surface area contributed by atoms with Gasteiger partial charge in [0.25, 0.3) is 0 Å². The molecule has 0 aliphatic carbocycles. The molecule has 0 spiro atoms. The molecular formula is C9H13ClN4O4S. The van der Waals surface area contributed by atoms with Crippen molar-refractivity contribution in [3.63, 3.8) is 0 Å². The Kier molecular flexibility index (Phi) is 4.33. The second-order valence-corrected chi connectivity index (χ2v) is 6.52. The Morgan fingerprint density at radius 3 is 2.42 bits per heavy atom. The lowest BCUT2D eigenvalue weighted by atomic mass is 10.1. The molecule has 0 aliphatic rings. The van der Waals surface area contributed by atoms with Crippen LogP contribution in [0.1, 0.15) is 20.8 Å². The van der Waals surface area contributed by atoms with Crippen LogP contribution in [0.15, 0.2) is 12.1 Å². The molecule has 1 aromatic rings. The Bertz CT molecular complexity index is 597. The molecule has 1 heterocycles. The molecule has 0 fully saturated rings. The summed E-state index contributed by atoms with van der Waals surface area (Å²) in [6.07, 6.45) is 0. The fourth-order valence-electron chi connectivity index (χ4n) is 1.21. The van der Waals surface area contributed by atoms with Gasteiger partial charge in [-0.25, -0.2) is 9.71 Å². The molecule has 0 saturated heterocycles. The van der Waals surface area contributed by atoms with Crippen LogP contribution in [0.3, 0.4) is 0 Å². The van der Waals surface area contributed by atoms with E-state index in [4.69, 9.17) is 11.6 Å². The molecule has 2 N–H and O–H groups in total. The van der Waals surface area contributed by atoms with Crippen molar-refractivity contribution >= 4 is 33.3 Å². The van der Waals surface area contributed by atoms with Crippen LogP contribution in [0.2, 0.25) is 5.15 Å². The van der Waals surface area contributed by atoms with E-state index in [0.717, 1.165) is 6.07 Å². The molecule has 106 valence electrons. The Morgan fingerprint density at radius 2 is 1.95 bits per heavy atom. The lowest BCUT2D eigenvalue weighted by Crippen LogP contribution is -2.43. The first kappa shape index (κ1) is 15.6. The van der Waals surface area contributed by atoms with Crippen LogP contribution in [-0.2, 0) is 10.2 Å². The van der Waals surface area contributed by atoms with Crippen LogP contribution < -0.4 is 9.44 Å². The van der Waals surface area contributed by atoms with Crippen molar-refractivity contribution in [2.24, 2.45) is 0 Å². The standard InChI is InChI=1S/C9H13ClN4O4S/c1-9(2,3)13-19(17,18)12-8-6(14(15)16)4-5-7(10)11-8/h4-5,13H,1-3H3,(H,11,12). The van der Waals surface area contributed by atoms with Crippen LogP contribution >= 0.6 is 11.6 Å². The molecule has 0 radical (unpaired) electrons. The van der Waals surface area contributed by atoms with Gasteiger partial charge in [-0.2, -0.15) is 13.1 Å². The van der Waals surface area contributed by atoms with Crippen LogP contribution in [0.4, 0.5) is 11.5 Å². The third-order valence-electron chi connectivity index (χ3n) is 1.71. The summed E-state index contributed by atoms with van der Waals surface area (Å²) in [6.45, 7) is 4.89. The number of hydrogen-bond acceptors (Lipinski definition) is 5. The maximum atomic E-state index is 11.8. The van der Waals surface area contributed by atoms with Gasteiger partial charge in [-0.1, -0.05) is 11.6 Å². The van der Waals surface area contributed by atoms with E-state index in [-0.39, 0.29) is 5.15 Å². The highest BCUT2D eigenvalue weighted by molar-refractivity contribution is 7.90. The highest BCUT2D eigenvalue weighted by atomic mass is 35.5. The van der Waals surface area contributed by atoms with E-state index in [9.17, 15) is 18.5 Å². The average molecular weight is 309 g/mol. The Hall–Kier alpha value is -1.45. The Labute approximate surface area is 115 Å². The van der Waals surface area contributed by atoms with E-state index in [0.29, 0.717) is 0 Å². The average Bonchev–Trinajstić information content (AvgIpc) is 2.11. The zero-order valence-corrected chi connectivity index (χ0v) is 12.0. The zero-order chi connectivity index (χ0) is 14.8. The van der Waals surface area contributed by atoms with Crippen molar-refractivity contribution in [2.75, 3.05) is 4.72 Å². The predicted molar refractivity (Wildman–Crippen MR) is 71.3 cm³/mol. The second kappa shape index (κ2) is 5.27. The second-order valence-electron chi connectivity index (χ2n) is 4.72. The van der Waals surface area contributed by atoms with Gasteiger partial charge in [0.1, 0.15) is 5.15 Å². The van der Waals surface area contributed by atoms with Crippen LogP contribution in [0.25, 0.3) is 0 Å². The maximum absolute atomic E-state index is 11.8. The van der Waals surface area contributed by atoms with Gasteiger partial charge in [0, 0.05) is 11.6 Å². The van der Waals surface area contributed by atoms with E-state index >= 15 is 0 Å². The Balaban J connectivity index is 3.12. The number of rotatable bonds is 4. The first-order chi connectivity index (χ1) is 8.50. The minimum Gasteiger partial charge on any atom is -0.258 e. The number of anilines is 1. The molecule has 19 heavy (non-hydrogen) atoms. The molecule has 0 aliphatic heterocycles. The number of hydrogen-bond donors (Lipinski definition) is 2. The molecule has 10 heteroatoms. The van der Waals surface area contributed by atoms with Crippen LogP contribution in [-0.4, -0.2) is 23.9 Å². The van der Waals surface area contributed by atoms with Crippen molar-refractivity contribution in [1.29, 1.82) is 0 Å². The summed E-state index contributed by atoms with van der Waals surface area (Å²) < 4.78 is 27.8. The summed E-state index contributed by atoms with van der Waals surface area (Å²) in [4.78, 5) is 13.6. The summed E-state index contributed by atoms with van der Waals surface area (Å²) in [5, 5.41) is 10.7. The number of nitrogens with zero attached hydrogens (tertiary/aromatic N) is 2. The van der Waals surface area contributed by atoms with Crippen molar-refractivity contribution in [3.8, 4) is 0 Å². The quantitative estimate of drug-likeness (QED) is 0.499.